The molecule has 0 unspecified atom stereocenters. The van der Waals surface area contributed by atoms with Crippen molar-refractivity contribution in [1.82, 2.24) is 5.43 Å². The summed E-state index contributed by atoms with van der Waals surface area (Å²) >= 11 is 0. The fourth-order valence-corrected chi connectivity index (χ4v) is 2.00. The third-order valence-corrected chi connectivity index (χ3v) is 3.14. The van der Waals surface area contributed by atoms with Gasteiger partial charge >= 0.3 is 0 Å². The average Bonchev–Trinajstić information content (AvgIpc) is 2.89. The molecule has 0 heterocycles. The summed E-state index contributed by atoms with van der Waals surface area (Å²) in [5.74, 6) is -0.139. The first-order valence-electron chi connectivity index (χ1n) is 6.30. The molecular formula is C14H19N3O. The topological polar surface area (TPSA) is 44.7 Å². The molecule has 4 nitrogen and oxygen atoms in total. The van der Waals surface area contributed by atoms with E-state index in [-0.39, 0.29) is 5.91 Å². The van der Waals surface area contributed by atoms with Crippen LogP contribution < -0.4 is 10.3 Å². The van der Waals surface area contributed by atoms with E-state index < -0.39 is 0 Å². The maximum absolute atomic E-state index is 11.9. The Labute approximate surface area is 108 Å². The fourth-order valence-electron chi connectivity index (χ4n) is 2.00. The van der Waals surface area contributed by atoms with Crippen LogP contribution in [0.4, 0.5) is 5.69 Å². The van der Waals surface area contributed by atoms with Gasteiger partial charge in [-0.3, -0.25) is 4.79 Å². The molecule has 1 fully saturated rings. The molecule has 2 rings (SSSR count). The molecule has 1 saturated carbocycles. The maximum Gasteiger partial charge on any atom is 0.271 e. The lowest BCUT2D eigenvalue weighted by Crippen LogP contribution is -2.19. The maximum atomic E-state index is 11.9. The van der Waals surface area contributed by atoms with Crippen molar-refractivity contribution in [2.45, 2.75) is 25.7 Å². The zero-order valence-corrected chi connectivity index (χ0v) is 10.9. The number of amides is 1. The molecule has 1 N–H and O–H groups in total. The molecule has 1 aromatic carbocycles. The Bertz CT molecular complexity index is 441. The van der Waals surface area contributed by atoms with E-state index in [0.29, 0.717) is 5.56 Å². The molecule has 0 spiro atoms. The quantitative estimate of drug-likeness (QED) is 0.831. The number of nitrogens with one attached hydrogen (secondary N) is 1. The first kappa shape index (κ1) is 12.6. The Morgan fingerprint density at radius 3 is 2.33 bits per heavy atom. The molecule has 0 saturated heterocycles. The number of rotatable bonds is 3. The summed E-state index contributed by atoms with van der Waals surface area (Å²) in [5, 5.41) is 4.16. The van der Waals surface area contributed by atoms with E-state index >= 15 is 0 Å². The number of benzene rings is 1. The summed E-state index contributed by atoms with van der Waals surface area (Å²) in [6.45, 7) is 0. The summed E-state index contributed by atoms with van der Waals surface area (Å²) in [6, 6.07) is 7.49. The molecule has 1 aromatic rings. The van der Waals surface area contributed by atoms with E-state index in [0.717, 1.165) is 24.2 Å². The van der Waals surface area contributed by atoms with Gasteiger partial charge in [0.15, 0.2) is 0 Å². The van der Waals surface area contributed by atoms with Gasteiger partial charge in [-0.1, -0.05) is 0 Å². The number of nitrogens with zero attached hydrogens (tertiary/aromatic N) is 2. The second kappa shape index (κ2) is 5.67. The van der Waals surface area contributed by atoms with Crippen LogP contribution in [-0.2, 0) is 0 Å². The van der Waals surface area contributed by atoms with Crippen LogP contribution in [0.15, 0.2) is 29.4 Å². The molecule has 0 atom stereocenters. The predicted octanol–water partition coefficient (Wildman–Crippen LogP) is 2.41. The molecular weight excluding hydrogens is 226 g/mol. The lowest BCUT2D eigenvalue weighted by Gasteiger charge is -2.12. The minimum absolute atomic E-state index is 0.139. The Morgan fingerprint density at radius 1 is 1.17 bits per heavy atom. The van der Waals surface area contributed by atoms with E-state index in [4.69, 9.17) is 0 Å². The highest BCUT2D eigenvalue weighted by Gasteiger charge is 2.09. The second-order valence-electron chi connectivity index (χ2n) is 4.77. The van der Waals surface area contributed by atoms with Gasteiger partial charge in [-0.25, -0.2) is 5.43 Å². The Hall–Kier alpha value is -1.84. The van der Waals surface area contributed by atoms with Crippen LogP contribution in [0.5, 0.6) is 0 Å². The summed E-state index contributed by atoms with van der Waals surface area (Å²) in [7, 11) is 3.95. The zero-order valence-electron chi connectivity index (χ0n) is 10.9. The van der Waals surface area contributed by atoms with E-state index in [2.05, 4.69) is 10.5 Å². The van der Waals surface area contributed by atoms with Crippen molar-refractivity contribution in [1.29, 1.82) is 0 Å². The van der Waals surface area contributed by atoms with E-state index in [9.17, 15) is 4.79 Å². The van der Waals surface area contributed by atoms with Gasteiger partial charge in [0.1, 0.15) is 0 Å². The molecule has 96 valence electrons. The van der Waals surface area contributed by atoms with Gasteiger partial charge in [0.05, 0.1) is 0 Å². The van der Waals surface area contributed by atoms with Crippen LogP contribution in [0, 0.1) is 0 Å². The molecule has 18 heavy (non-hydrogen) atoms. The van der Waals surface area contributed by atoms with Gasteiger partial charge in [0, 0.05) is 31.1 Å². The minimum Gasteiger partial charge on any atom is -0.378 e. The van der Waals surface area contributed by atoms with Crippen molar-refractivity contribution < 1.29 is 4.79 Å². The number of hydrazone groups is 1. The van der Waals surface area contributed by atoms with Crippen LogP contribution in [-0.4, -0.2) is 25.7 Å². The Morgan fingerprint density at radius 2 is 1.78 bits per heavy atom. The van der Waals surface area contributed by atoms with Crippen LogP contribution in [0.1, 0.15) is 36.0 Å². The van der Waals surface area contributed by atoms with Gasteiger partial charge in [0.2, 0.25) is 0 Å². The third kappa shape index (κ3) is 3.09. The summed E-state index contributed by atoms with van der Waals surface area (Å²) < 4.78 is 0. The van der Waals surface area contributed by atoms with Crippen LogP contribution in [0.2, 0.25) is 0 Å². The molecule has 0 aliphatic heterocycles. The largest absolute Gasteiger partial charge is 0.378 e. The first-order chi connectivity index (χ1) is 8.66. The zero-order chi connectivity index (χ0) is 13.0. The average molecular weight is 245 g/mol. The Kier molecular flexibility index (Phi) is 3.97. The van der Waals surface area contributed by atoms with Crippen molar-refractivity contribution in [3.63, 3.8) is 0 Å². The van der Waals surface area contributed by atoms with Crippen molar-refractivity contribution in [3.05, 3.63) is 29.8 Å². The Balaban J connectivity index is 1.98. The van der Waals surface area contributed by atoms with E-state index in [1.807, 2.05) is 43.3 Å². The molecule has 1 aliphatic carbocycles. The summed E-state index contributed by atoms with van der Waals surface area (Å²) in [6.07, 6.45) is 4.40. The van der Waals surface area contributed by atoms with Gasteiger partial charge in [-0.05, 0) is 49.9 Å². The van der Waals surface area contributed by atoms with Gasteiger partial charge in [-0.15, -0.1) is 0 Å². The van der Waals surface area contributed by atoms with Crippen molar-refractivity contribution in [2.24, 2.45) is 5.10 Å². The summed E-state index contributed by atoms with van der Waals surface area (Å²) in [4.78, 5) is 13.9. The lowest BCUT2D eigenvalue weighted by atomic mass is 10.2. The molecule has 0 aromatic heterocycles. The van der Waals surface area contributed by atoms with Crippen LogP contribution in [0.25, 0.3) is 0 Å². The highest BCUT2D eigenvalue weighted by Crippen LogP contribution is 2.14. The van der Waals surface area contributed by atoms with Crippen molar-refractivity contribution in [3.8, 4) is 0 Å². The number of carbonyl (C=O) groups is 1. The molecule has 1 amide bonds. The first-order valence-corrected chi connectivity index (χ1v) is 6.30. The third-order valence-electron chi connectivity index (χ3n) is 3.14. The highest BCUT2D eigenvalue weighted by molar-refractivity contribution is 5.96. The lowest BCUT2D eigenvalue weighted by molar-refractivity contribution is 0.0954. The second-order valence-corrected chi connectivity index (χ2v) is 4.77. The predicted molar refractivity (Wildman–Crippen MR) is 74.1 cm³/mol. The molecule has 4 heteroatoms. The SMILES string of the molecule is CN(C)c1ccc(C(=O)NN=C2CCCC2)cc1. The van der Waals surface area contributed by atoms with Crippen LogP contribution in [0.3, 0.4) is 0 Å². The number of carbonyl (C=O) groups excluding carboxylic acids is 1. The minimum atomic E-state index is -0.139. The van der Waals surface area contributed by atoms with Gasteiger partial charge < -0.3 is 4.90 Å². The smallest absolute Gasteiger partial charge is 0.271 e. The van der Waals surface area contributed by atoms with Crippen LogP contribution >= 0.6 is 0 Å². The van der Waals surface area contributed by atoms with E-state index in [1.165, 1.54) is 12.8 Å². The molecule has 0 bridgehead atoms. The normalized spacial score (nSPS) is 14.4. The van der Waals surface area contributed by atoms with Crippen molar-refractivity contribution >= 4 is 17.3 Å². The monoisotopic (exact) mass is 245 g/mol. The summed E-state index contributed by atoms with van der Waals surface area (Å²) in [5.41, 5.74) is 5.45. The number of hydrogen-bond acceptors (Lipinski definition) is 3. The fraction of sp³-hybridized carbons (Fsp3) is 0.429. The van der Waals surface area contributed by atoms with Gasteiger partial charge in [-0.2, -0.15) is 5.10 Å². The number of hydrogen-bond donors (Lipinski definition) is 1. The standard InChI is InChI=1S/C14H19N3O/c1-17(2)13-9-7-11(8-10-13)14(18)16-15-12-5-3-4-6-12/h7-10H,3-6H2,1-2H3,(H,16,18). The van der Waals surface area contributed by atoms with Gasteiger partial charge in [0.25, 0.3) is 5.91 Å². The highest BCUT2D eigenvalue weighted by atomic mass is 16.2. The van der Waals surface area contributed by atoms with Crippen molar-refractivity contribution in [2.75, 3.05) is 19.0 Å². The number of anilines is 1. The van der Waals surface area contributed by atoms with E-state index in [1.54, 1.807) is 0 Å². The molecule has 0 radical (unpaired) electrons. The molecule has 1 aliphatic rings.